The number of carbonyl (C=O) groups excluding carboxylic acids is 2. The molecule has 0 bridgehead atoms. The molecule has 0 atom stereocenters. The van der Waals surface area contributed by atoms with E-state index in [9.17, 15) is 22.4 Å². The number of nitrogens with one attached hydrogen (secondary N) is 1. The van der Waals surface area contributed by atoms with Gasteiger partial charge < -0.3 is 4.90 Å². The second-order valence-electron chi connectivity index (χ2n) is 6.18. The zero-order valence-corrected chi connectivity index (χ0v) is 14.5. The van der Waals surface area contributed by atoms with Crippen molar-refractivity contribution in [1.29, 1.82) is 0 Å². The minimum absolute atomic E-state index is 0.0350. The van der Waals surface area contributed by atoms with Gasteiger partial charge in [-0.1, -0.05) is 13.8 Å². The molecule has 1 saturated heterocycles. The molecular formula is C16H21FN2O4S. The van der Waals surface area contributed by atoms with Crippen LogP contribution in [0.3, 0.4) is 0 Å². The Morgan fingerprint density at radius 1 is 1.17 bits per heavy atom. The number of likely N-dealkylation sites (tertiary alicyclic amines) is 1. The van der Waals surface area contributed by atoms with Crippen LogP contribution >= 0.6 is 0 Å². The third-order valence-corrected chi connectivity index (χ3v) is 5.39. The molecule has 1 aliphatic heterocycles. The van der Waals surface area contributed by atoms with Gasteiger partial charge in [0, 0.05) is 24.9 Å². The fourth-order valence-electron chi connectivity index (χ4n) is 2.62. The van der Waals surface area contributed by atoms with Gasteiger partial charge >= 0.3 is 0 Å². The van der Waals surface area contributed by atoms with Crippen LogP contribution in [0.15, 0.2) is 29.2 Å². The normalized spacial score (nSPS) is 16.2. The molecule has 1 fully saturated rings. The molecule has 0 spiro atoms. The number of piperidine rings is 1. The molecule has 0 aliphatic carbocycles. The summed E-state index contributed by atoms with van der Waals surface area (Å²) >= 11 is 0. The second-order valence-corrected chi connectivity index (χ2v) is 7.86. The standard InChI is InChI=1S/C16H21FN2O4S/c1-11(2)16(21)19-9-7-12(8-10-19)15(20)18-24(22,23)14-5-3-13(17)4-6-14/h3-6,11-12H,7-10H2,1-2H3,(H,18,20). The summed E-state index contributed by atoms with van der Waals surface area (Å²) in [6, 6.07) is 4.26. The van der Waals surface area contributed by atoms with Gasteiger partial charge in [-0.2, -0.15) is 0 Å². The number of benzene rings is 1. The van der Waals surface area contributed by atoms with Gasteiger partial charge in [-0.15, -0.1) is 0 Å². The highest BCUT2D eigenvalue weighted by Crippen LogP contribution is 2.20. The van der Waals surface area contributed by atoms with Crippen molar-refractivity contribution in [2.24, 2.45) is 11.8 Å². The van der Waals surface area contributed by atoms with Crippen molar-refractivity contribution in [3.8, 4) is 0 Å². The minimum Gasteiger partial charge on any atom is -0.342 e. The fraction of sp³-hybridized carbons (Fsp3) is 0.500. The monoisotopic (exact) mass is 356 g/mol. The van der Waals surface area contributed by atoms with Gasteiger partial charge in [-0.05, 0) is 37.1 Å². The third kappa shape index (κ3) is 4.31. The SMILES string of the molecule is CC(C)C(=O)N1CCC(C(=O)NS(=O)(=O)c2ccc(F)cc2)CC1. The van der Waals surface area contributed by atoms with Crippen LogP contribution in [0.2, 0.25) is 0 Å². The Kier molecular flexibility index (Phi) is 5.58. The van der Waals surface area contributed by atoms with Crippen molar-refractivity contribution in [2.75, 3.05) is 13.1 Å². The number of rotatable bonds is 4. The highest BCUT2D eigenvalue weighted by molar-refractivity contribution is 7.90. The Bertz CT molecular complexity index is 708. The van der Waals surface area contributed by atoms with Crippen LogP contribution in [-0.4, -0.2) is 38.2 Å². The van der Waals surface area contributed by atoms with E-state index in [1.165, 1.54) is 0 Å². The highest BCUT2D eigenvalue weighted by atomic mass is 32.2. The summed E-state index contributed by atoms with van der Waals surface area (Å²) in [6.07, 6.45) is 0.840. The Hall–Kier alpha value is -1.96. The highest BCUT2D eigenvalue weighted by Gasteiger charge is 2.30. The Morgan fingerprint density at radius 3 is 2.21 bits per heavy atom. The molecule has 0 saturated carbocycles. The molecular weight excluding hydrogens is 335 g/mol. The van der Waals surface area contributed by atoms with E-state index < -0.39 is 27.7 Å². The molecule has 1 N–H and O–H groups in total. The van der Waals surface area contributed by atoms with Crippen LogP contribution in [-0.2, 0) is 19.6 Å². The second kappa shape index (κ2) is 7.29. The average molecular weight is 356 g/mol. The van der Waals surface area contributed by atoms with E-state index in [1.54, 1.807) is 4.90 Å². The van der Waals surface area contributed by atoms with Gasteiger partial charge in [0.1, 0.15) is 5.82 Å². The number of amides is 2. The molecule has 6 nitrogen and oxygen atoms in total. The van der Waals surface area contributed by atoms with Gasteiger partial charge in [-0.3, -0.25) is 9.59 Å². The first-order chi connectivity index (χ1) is 11.2. The van der Waals surface area contributed by atoms with E-state index in [0.717, 1.165) is 24.3 Å². The van der Waals surface area contributed by atoms with E-state index >= 15 is 0 Å². The smallest absolute Gasteiger partial charge is 0.264 e. The lowest BCUT2D eigenvalue weighted by Crippen LogP contribution is -2.45. The molecule has 1 aliphatic rings. The van der Waals surface area contributed by atoms with Crippen LogP contribution in [0, 0.1) is 17.7 Å². The molecule has 1 aromatic carbocycles. The van der Waals surface area contributed by atoms with E-state index in [1.807, 2.05) is 18.6 Å². The molecule has 132 valence electrons. The van der Waals surface area contributed by atoms with Crippen LogP contribution in [0.1, 0.15) is 26.7 Å². The molecule has 2 rings (SSSR count). The average Bonchev–Trinajstić information content (AvgIpc) is 2.54. The van der Waals surface area contributed by atoms with Gasteiger partial charge in [0.05, 0.1) is 4.90 Å². The van der Waals surface area contributed by atoms with Crippen molar-refractivity contribution in [3.05, 3.63) is 30.1 Å². The van der Waals surface area contributed by atoms with Gasteiger partial charge in [0.2, 0.25) is 11.8 Å². The number of nitrogens with zero attached hydrogens (tertiary/aromatic N) is 1. The number of sulfonamides is 1. The lowest BCUT2D eigenvalue weighted by Gasteiger charge is -2.32. The lowest BCUT2D eigenvalue weighted by atomic mass is 9.95. The third-order valence-electron chi connectivity index (χ3n) is 4.03. The predicted molar refractivity (Wildman–Crippen MR) is 85.9 cm³/mol. The quantitative estimate of drug-likeness (QED) is 0.887. The molecule has 0 unspecified atom stereocenters. The topological polar surface area (TPSA) is 83.6 Å². The first kappa shape index (κ1) is 18.4. The largest absolute Gasteiger partial charge is 0.342 e. The predicted octanol–water partition coefficient (Wildman–Crippen LogP) is 1.53. The van der Waals surface area contributed by atoms with E-state index in [0.29, 0.717) is 25.9 Å². The maximum absolute atomic E-state index is 12.9. The molecule has 24 heavy (non-hydrogen) atoms. The van der Waals surface area contributed by atoms with Crippen molar-refractivity contribution in [2.45, 2.75) is 31.6 Å². The van der Waals surface area contributed by atoms with Crippen molar-refractivity contribution in [1.82, 2.24) is 9.62 Å². The lowest BCUT2D eigenvalue weighted by molar-refractivity contribution is -0.137. The summed E-state index contributed by atoms with van der Waals surface area (Å²) in [7, 11) is -4.02. The summed E-state index contributed by atoms with van der Waals surface area (Å²) in [4.78, 5) is 25.6. The van der Waals surface area contributed by atoms with Gasteiger partial charge in [0.15, 0.2) is 0 Å². The van der Waals surface area contributed by atoms with E-state index in [2.05, 4.69) is 0 Å². The Balaban J connectivity index is 1.96. The van der Waals surface area contributed by atoms with Gasteiger partial charge in [0.25, 0.3) is 10.0 Å². The summed E-state index contributed by atoms with van der Waals surface area (Å²) in [6.45, 7) is 4.50. The molecule has 1 aromatic rings. The Morgan fingerprint density at radius 2 is 1.71 bits per heavy atom. The van der Waals surface area contributed by atoms with Crippen LogP contribution in [0.25, 0.3) is 0 Å². The van der Waals surface area contributed by atoms with Crippen LogP contribution < -0.4 is 4.72 Å². The molecule has 2 amide bonds. The van der Waals surface area contributed by atoms with Crippen molar-refractivity contribution >= 4 is 21.8 Å². The molecule has 8 heteroatoms. The molecule has 1 heterocycles. The van der Waals surface area contributed by atoms with E-state index in [4.69, 9.17) is 0 Å². The number of hydrogen-bond donors (Lipinski definition) is 1. The number of carbonyl (C=O) groups is 2. The molecule has 0 radical (unpaired) electrons. The first-order valence-electron chi connectivity index (χ1n) is 7.81. The number of halogens is 1. The maximum atomic E-state index is 12.9. The zero-order valence-electron chi connectivity index (χ0n) is 13.7. The summed E-state index contributed by atoms with van der Waals surface area (Å²) in [5, 5.41) is 0. The summed E-state index contributed by atoms with van der Waals surface area (Å²) < 4.78 is 39.2. The summed E-state index contributed by atoms with van der Waals surface area (Å²) in [5.74, 6) is -1.67. The van der Waals surface area contributed by atoms with E-state index in [-0.39, 0.29) is 16.7 Å². The maximum Gasteiger partial charge on any atom is 0.264 e. The fourth-order valence-corrected chi connectivity index (χ4v) is 3.66. The van der Waals surface area contributed by atoms with Crippen LogP contribution in [0.5, 0.6) is 0 Å². The minimum atomic E-state index is -4.02. The molecule has 0 aromatic heterocycles. The van der Waals surface area contributed by atoms with Crippen LogP contribution in [0.4, 0.5) is 4.39 Å². The summed E-state index contributed by atoms with van der Waals surface area (Å²) in [5.41, 5.74) is 0. The number of hydrogen-bond acceptors (Lipinski definition) is 4. The van der Waals surface area contributed by atoms with Crippen molar-refractivity contribution in [3.63, 3.8) is 0 Å². The van der Waals surface area contributed by atoms with Crippen molar-refractivity contribution < 1.29 is 22.4 Å². The Labute approximate surface area is 141 Å². The van der Waals surface area contributed by atoms with Gasteiger partial charge in [-0.25, -0.2) is 17.5 Å². The first-order valence-corrected chi connectivity index (χ1v) is 9.30. The zero-order chi connectivity index (χ0) is 17.9.